The van der Waals surface area contributed by atoms with Gasteiger partial charge in [-0.2, -0.15) is 0 Å². The van der Waals surface area contributed by atoms with Crippen molar-refractivity contribution in [3.05, 3.63) is 63.4 Å². The highest BCUT2D eigenvalue weighted by Gasteiger charge is 2.52. The average molecular weight is 744 g/mol. The van der Waals surface area contributed by atoms with E-state index in [0.29, 0.717) is 78.6 Å². The van der Waals surface area contributed by atoms with Crippen LogP contribution in [0.1, 0.15) is 80.1 Å². The molecule has 2 aliphatic heterocycles. The van der Waals surface area contributed by atoms with Crippen LogP contribution in [0.15, 0.2) is 30.3 Å². The Morgan fingerprint density at radius 2 is 1.87 bits per heavy atom. The summed E-state index contributed by atoms with van der Waals surface area (Å²) in [5, 5.41) is 8.10. The number of methoxy groups -OCH3 is 2. The van der Waals surface area contributed by atoms with E-state index >= 15 is 0 Å². The van der Waals surface area contributed by atoms with Crippen LogP contribution in [0.3, 0.4) is 0 Å². The standard InChI is InChI=1S/C37H44ClF2N5O7/c1-21-12-15-44(34(21)46)18-28-31-24(26(38)10-11-29(31)51-20-27-32(33(39)40)43(3)42-41-27)13-16-45(28)35(47)25-7-6-14-37(25,2)36(48)52-19-22-8-9-23(49-4)17-30(22)50-5/h8-11,17,21,25,28,33H,6-7,12-16,18-20H2,1-5H3/t21-,25+,28-,37+/m1/s1. The zero-order chi connectivity index (χ0) is 37.3. The van der Waals surface area contributed by atoms with Crippen LogP contribution >= 0.6 is 11.6 Å². The first-order valence-electron chi connectivity index (χ1n) is 17.5. The summed E-state index contributed by atoms with van der Waals surface area (Å²) in [6.45, 7) is 4.30. The van der Waals surface area contributed by atoms with Gasteiger partial charge >= 0.3 is 5.97 Å². The van der Waals surface area contributed by atoms with Crippen molar-refractivity contribution >= 4 is 29.4 Å². The molecule has 280 valence electrons. The Hall–Kier alpha value is -4.46. The number of carbonyl (C=O) groups excluding carboxylic acids is 3. The molecule has 6 rings (SSSR count). The van der Waals surface area contributed by atoms with Gasteiger partial charge in [-0.3, -0.25) is 14.4 Å². The number of carbonyl (C=O) groups is 3. The Morgan fingerprint density at radius 3 is 2.56 bits per heavy atom. The SMILES string of the molecule is COc1ccc(COC(=O)[C@@]2(C)CCC[C@H]2C(=O)N2CCc3c(Cl)ccc(OCc4nnn(C)c4C(F)F)c3[C@H]2CN2CC[C@@H](C)C2=O)c(OC)c1. The number of esters is 1. The second-order valence-corrected chi connectivity index (χ2v) is 14.4. The monoisotopic (exact) mass is 743 g/mol. The largest absolute Gasteiger partial charge is 0.497 e. The summed E-state index contributed by atoms with van der Waals surface area (Å²) in [7, 11) is 4.46. The van der Waals surface area contributed by atoms with Crippen molar-refractivity contribution in [3.8, 4) is 17.2 Å². The van der Waals surface area contributed by atoms with E-state index in [1.54, 1.807) is 54.2 Å². The van der Waals surface area contributed by atoms with Crippen molar-refractivity contribution in [2.24, 2.45) is 24.3 Å². The van der Waals surface area contributed by atoms with Crippen LogP contribution in [-0.2, 0) is 45.8 Å². The van der Waals surface area contributed by atoms with E-state index < -0.39 is 29.8 Å². The van der Waals surface area contributed by atoms with Gasteiger partial charge < -0.3 is 28.7 Å². The Balaban J connectivity index is 1.30. The number of likely N-dealkylation sites (tertiary alicyclic amines) is 1. The molecule has 12 nitrogen and oxygen atoms in total. The number of benzene rings is 2. The summed E-state index contributed by atoms with van der Waals surface area (Å²) in [6, 6.07) is 7.89. The van der Waals surface area contributed by atoms with Gasteiger partial charge in [-0.1, -0.05) is 30.2 Å². The normalized spacial score (nSPS) is 22.9. The Bertz CT molecular complexity index is 1840. The molecule has 4 atom stereocenters. The van der Waals surface area contributed by atoms with Gasteiger partial charge in [0.2, 0.25) is 11.8 Å². The van der Waals surface area contributed by atoms with Crippen LogP contribution < -0.4 is 14.2 Å². The Kier molecular flexibility index (Phi) is 10.9. The van der Waals surface area contributed by atoms with Crippen molar-refractivity contribution in [2.75, 3.05) is 33.9 Å². The molecule has 1 aliphatic carbocycles. The molecule has 2 aromatic carbocycles. The first-order chi connectivity index (χ1) is 24.9. The fraction of sp³-hybridized carbons (Fsp3) is 0.541. The second kappa shape index (κ2) is 15.3. The average Bonchev–Trinajstić information content (AvgIpc) is 3.82. The molecule has 0 bridgehead atoms. The number of rotatable bonds is 12. The van der Waals surface area contributed by atoms with E-state index in [4.69, 9.17) is 30.5 Å². The molecule has 1 aromatic heterocycles. The molecule has 3 aliphatic rings. The molecular weight excluding hydrogens is 700 g/mol. The summed E-state index contributed by atoms with van der Waals surface area (Å²) in [4.78, 5) is 45.4. The highest BCUT2D eigenvalue weighted by molar-refractivity contribution is 6.31. The fourth-order valence-electron chi connectivity index (χ4n) is 7.85. The zero-order valence-electron chi connectivity index (χ0n) is 30.0. The number of hydrogen-bond donors (Lipinski definition) is 0. The smallest absolute Gasteiger partial charge is 0.312 e. The van der Waals surface area contributed by atoms with Gasteiger partial charge in [0.05, 0.1) is 31.6 Å². The topological polar surface area (TPSA) is 125 Å². The van der Waals surface area contributed by atoms with Crippen molar-refractivity contribution in [3.63, 3.8) is 0 Å². The Morgan fingerprint density at radius 1 is 1.08 bits per heavy atom. The van der Waals surface area contributed by atoms with E-state index in [1.165, 1.54) is 14.2 Å². The summed E-state index contributed by atoms with van der Waals surface area (Å²) in [5.74, 6) is -0.125. The van der Waals surface area contributed by atoms with Gasteiger partial charge in [0.25, 0.3) is 6.43 Å². The third-order valence-corrected chi connectivity index (χ3v) is 11.3. The van der Waals surface area contributed by atoms with E-state index in [9.17, 15) is 23.2 Å². The van der Waals surface area contributed by atoms with Crippen LogP contribution in [-0.4, -0.2) is 76.4 Å². The molecule has 3 aromatic rings. The molecule has 0 N–H and O–H groups in total. The van der Waals surface area contributed by atoms with Crippen molar-refractivity contribution < 1.29 is 42.1 Å². The number of halogens is 3. The van der Waals surface area contributed by atoms with Gasteiger partial charge in [-0.25, -0.2) is 13.5 Å². The summed E-state index contributed by atoms with van der Waals surface area (Å²) in [5.41, 5.74) is 0.539. The number of ether oxygens (including phenoxy) is 4. The number of nitrogens with zero attached hydrogens (tertiary/aromatic N) is 5. The third-order valence-electron chi connectivity index (χ3n) is 10.9. The molecule has 15 heteroatoms. The maximum absolute atomic E-state index is 14.8. The van der Waals surface area contributed by atoms with Crippen LogP contribution in [0.4, 0.5) is 8.78 Å². The maximum Gasteiger partial charge on any atom is 0.312 e. The van der Waals surface area contributed by atoms with Crippen LogP contribution in [0.2, 0.25) is 5.02 Å². The van der Waals surface area contributed by atoms with Gasteiger partial charge in [0, 0.05) is 54.8 Å². The van der Waals surface area contributed by atoms with Crippen molar-refractivity contribution in [2.45, 2.75) is 71.6 Å². The summed E-state index contributed by atoms with van der Waals surface area (Å²) in [6.07, 6.45) is -0.156. The van der Waals surface area contributed by atoms with Crippen LogP contribution in [0.25, 0.3) is 0 Å². The first kappa shape index (κ1) is 37.3. The lowest BCUT2D eigenvalue weighted by atomic mass is 9.78. The zero-order valence-corrected chi connectivity index (χ0v) is 30.8. The minimum Gasteiger partial charge on any atom is -0.497 e. The lowest BCUT2D eigenvalue weighted by molar-refractivity contribution is -0.164. The second-order valence-electron chi connectivity index (χ2n) is 14.0. The highest BCUT2D eigenvalue weighted by Crippen LogP contribution is 2.48. The molecule has 0 radical (unpaired) electrons. The van der Waals surface area contributed by atoms with E-state index in [1.807, 2.05) is 6.92 Å². The van der Waals surface area contributed by atoms with Gasteiger partial charge in [0.15, 0.2) is 0 Å². The molecule has 52 heavy (non-hydrogen) atoms. The molecular formula is C37H44ClF2N5O7. The van der Waals surface area contributed by atoms with Crippen LogP contribution in [0, 0.1) is 17.3 Å². The lowest BCUT2D eigenvalue weighted by Gasteiger charge is -2.43. The van der Waals surface area contributed by atoms with Gasteiger partial charge in [-0.15, -0.1) is 5.10 Å². The van der Waals surface area contributed by atoms with E-state index in [-0.39, 0.29) is 48.9 Å². The molecule has 2 fully saturated rings. The van der Waals surface area contributed by atoms with Crippen molar-refractivity contribution in [1.29, 1.82) is 0 Å². The number of aryl methyl sites for hydroxylation is 1. The summed E-state index contributed by atoms with van der Waals surface area (Å²) >= 11 is 6.76. The number of aromatic nitrogens is 3. The molecule has 0 unspecified atom stereocenters. The molecule has 2 amide bonds. The predicted octanol–water partition coefficient (Wildman–Crippen LogP) is 5.85. The minimum atomic E-state index is -2.81. The van der Waals surface area contributed by atoms with Crippen molar-refractivity contribution in [1.82, 2.24) is 24.8 Å². The Labute approximate surface area is 306 Å². The molecule has 1 saturated heterocycles. The quantitative estimate of drug-likeness (QED) is 0.210. The third kappa shape index (κ3) is 7.01. The molecule has 3 heterocycles. The maximum atomic E-state index is 14.8. The number of amides is 2. The minimum absolute atomic E-state index is 0.0162. The fourth-order valence-corrected chi connectivity index (χ4v) is 8.11. The lowest BCUT2D eigenvalue weighted by Crippen LogP contribution is -2.51. The van der Waals surface area contributed by atoms with E-state index in [2.05, 4.69) is 10.3 Å². The van der Waals surface area contributed by atoms with Crippen LogP contribution in [0.5, 0.6) is 17.2 Å². The number of alkyl halides is 2. The van der Waals surface area contributed by atoms with Gasteiger partial charge in [-0.05, 0) is 62.4 Å². The van der Waals surface area contributed by atoms with E-state index in [0.717, 1.165) is 10.2 Å². The predicted molar refractivity (Wildman–Crippen MR) is 185 cm³/mol. The number of fused-ring (bicyclic) bond motifs is 1. The summed E-state index contributed by atoms with van der Waals surface area (Å²) < 4.78 is 51.5. The van der Waals surface area contributed by atoms with Gasteiger partial charge in [0.1, 0.15) is 41.9 Å². The number of hydrogen-bond acceptors (Lipinski definition) is 9. The first-order valence-corrected chi connectivity index (χ1v) is 17.8. The molecule has 1 saturated carbocycles. The highest BCUT2D eigenvalue weighted by atomic mass is 35.5. The molecule has 0 spiro atoms.